The fourth-order valence-corrected chi connectivity index (χ4v) is 4.59. The van der Waals surface area contributed by atoms with Gasteiger partial charge in [0.05, 0.1) is 22.6 Å². The van der Waals surface area contributed by atoms with Gasteiger partial charge >= 0.3 is 12.1 Å². The van der Waals surface area contributed by atoms with Crippen molar-refractivity contribution in [1.82, 2.24) is 0 Å². The third-order valence-electron chi connectivity index (χ3n) is 5.36. The molecule has 0 spiro atoms. The molecule has 2 aromatic rings. The Morgan fingerprint density at radius 1 is 1.00 bits per heavy atom. The number of aromatic carboxylic acids is 1. The van der Waals surface area contributed by atoms with Crippen molar-refractivity contribution in [2.24, 2.45) is 5.92 Å². The zero-order chi connectivity index (χ0) is 26.1. The molecule has 0 aliphatic heterocycles. The molecule has 0 amide bonds. The third-order valence-corrected chi connectivity index (χ3v) is 6.72. The minimum atomic E-state index is -4.63. The average Bonchev–Trinajstić information content (AvgIpc) is 2.76. The van der Waals surface area contributed by atoms with Crippen molar-refractivity contribution >= 4 is 21.7 Å². The van der Waals surface area contributed by atoms with Crippen molar-refractivity contribution in [3.63, 3.8) is 0 Å². The van der Waals surface area contributed by atoms with Crippen LogP contribution in [0.2, 0.25) is 0 Å². The smallest absolute Gasteiger partial charge is 0.416 e. The maximum atomic E-state index is 13.2. The first-order valence-corrected chi connectivity index (χ1v) is 13.2. The van der Waals surface area contributed by atoms with Crippen LogP contribution in [0.5, 0.6) is 5.75 Å². The van der Waals surface area contributed by atoms with Crippen LogP contribution in [0.3, 0.4) is 0 Å². The highest BCUT2D eigenvalue weighted by Crippen LogP contribution is 2.36. The molecule has 10 heteroatoms. The summed E-state index contributed by atoms with van der Waals surface area (Å²) in [5, 5.41) is 8.97. The Balaban J connectivity index is 2.04. The van der Waals surface area contributed by atoms with Crippen molar-refractivity contribution in [2.45, 2.75) is 65.2 Å². The Hall–Kier alpha value is -2.75. The normalized spacial score (nSPS) is 12.1. The fraction of sp³-hybridized carbons (Fsp3) is 0.480. The van der Waals surface area contributed by atoms with E-state index < -0.39 is 27.7 Å². The summed E-state index contributed by atoms with van der Waals surface area (Å²) < 4.78 is 72.6. The van der Waals surface area contributed by atoms with Gasteiger partial charge in [-0.25, -0.2) is 13.2 Å². The maximum absolute atomic E-state index is 13.2. The number of halogens is 3. The lowest BCUT2D eigenvalue weighted by atomic mass is 10.0. The van der Waals surface area contributed by atoms with E-state index in [1.54, 1.807) is 0 Å². The van der Waals surface area contributed by atoms with Crippen LogP contribution in [-0.2, 0) is 22.8 Å². The van der Waals surface area contributed by atoms with Crippen molar-refractivity contribution in [2.75, 3.05) is 10.5 Å². The number of unbranched alkanes of at least 4 members (excludes halogenated alkanes) is 4. The lowest BCUT2D eigenvalue weighted by Gasteiger charge is -2.16. The highest BCUT2D eigenvalue weighted by molar-refractivity contribution is 7.92. The third kappa shape index (κ3) is 10.2. The Morgan fingerprint density at radius 2 is 1.63 bits per heavy atom. The monoisotopic (exact) mass is 515 g/mol. The Bertz CT molecular complexity index is 1070. The van der Waals surface area contributed by atoms with Gasteiger partial charge in [0.1, 0.15) is 12.4 Å². The Labute approximate surface area is 204 Å². The second kappa shape index (κ2) is 12.8. The van der Waals surface area contributed by atoms with Crippen LogP contribution in [0.4, 0.5) is 18.9 Å². The number of hydrogen-bond donors (Lipinski definition) is 2. The molecule has 0 aliphatic rings. The van der Waals surface area contributed by atoms with Gasteiger partial charge in [0.25, 0.3) is 0 Å². The molecule has 2 rings (SSSR count). The summed E-state index contributed by atoms with van der Waals surface area (Å²) in [7, 11) is -3.79. The van der Waals surface area contributed by atoms with E-state index in [9.17, 15) is 26.4 Å². The predicted octanol–water partition coefficient (Wildman–Crippen LogP) is 6.72. The molecule has 0 saturated carbocycles. The first kappa shape index (κ1) is 28.5. The number of carbonyl (C=O) groups is 1. The van der Waals surface area contributed by atoms with Crippen LogP contribution in [0.25, 0.3) is 0 Å². The molecule has 0 unspecified atom stereocenters. The van der Waals surface area contributed by atoms with Gasteiger partial charge in [0.15, 0.2) is 0 Å². The SMILES string of the molecule is CC(C)CCCCCCCS(=O)(=O)Nc1ccc(C(F)(F)F)cc1OCc1ccc(C(=O)O)cc1. The molecule has 0 fully saturated rings. The summed E-state index contributed by atoms with van der Waals surface area (Å²) in [5.74, 6) is -0.875. The van der Waals surface area contributed by atoms with Crippen molar-refractivity contribution in [3.05, 3.63) is 59.2 Å². The lowest BCUT2D eigenvalue weighted by Crippen LogP contribution is -2.18. The minimum absolute atomic E-state index is 0.0567. The molecular weight excluding hydrogens is 483 g/mol. The van der Waals surface area contributed by atoms with Crippen LogP contribution in [-0.4, -0.2) is 25.2 Å². The first-order valence-electron chi connectivity index (χ1n) is 11.5. The zero-order valence-electron chi connectivity index (χ0n) is 19.9. The lowest BCUT2D eigenvalue weighted by molar-refractivity contribution is -0.137. The second-order valence-electron chi connectivity index (χ2n) is 8.87. The van der Waals surface area contributed by atoms with Gasteiger partial charge in [0, 0.05) is 0 Å². The minimum Gasteiger partial charge on any atom is -0.487 e. The van der Waals surface area contributed by atoms with Crippen molar-refractivity contribution in [3.8, 4) is 5.75 Å². The Kier molecular flexibility index (Phi) is 10.4. The van der Waals surface area contributed by atoms with Crippen LogP contribution in [0.15, 0.2) is 42.5 Å². The van der Waals surface area contributed by atoms with E-state index in [2.05, 4.69) is 18.6 Å². The predicted molar refractivity (Wildman–Crippen MR) is 129 cm³/mol. The largest absolute Gasteiger partial charge is 0.487 e. The molecule has 2 aromatic carbocycles. The van der Waals surface area contributed by atoms with E-state index in [-0.39, 0.29) is 29.4 Å². The number of anilines is 1. The molecule has 0 heterocycles. The van der Waals surface area contributed by atoms with E-state index in [0.29, 0.717) is 17.9 Å². The number of hydrogen-bond acceptors (Lipinski definition) is 4. The number of carboxylic acids is 1. The summed E-state index contributed by atoms with van der Waals surface area (Å²) >= 11 is 0. The van der Waals surface area contributed by atoms with Crippen molar-refractivity contribution in [1.29, 1.82) is 0 Å². The van der Waals surface area contributed by atoms with Crippen LogP contribution in [0.1, 0.15) is 73.9 Å². The number of sulfonamides is 1. The first-order chi connectivity index (χ1) is 16.4. The molecular formula is C25H32F3NO5S. The maximum Gasteiger partial charge on any atom is 0.416 e. The summed E-state index contributed by atoms with van der Waals surface area (Å²) in [4.78, 5) is 11.0. The summed E-state index contributed by atoms with van der Waals surface area (Å²) in [5.41, 5.74) is -0.491. The molecule has 0 radical (unpaired) electrons. The highest BCUT2D eigenvalue weighted by Gasteiger charge is 2.31. The zero-order valence-corrected chi connectivity index (χ0v) is 20.7. The fourth-order valence-electron chi connectivity index (χ4n) is 3.40. The molecule has 6 nitrogen and oxygen atoms in total. The van der Waals surface area contributed by atoms with Crippen molar-refractivity contribution < 1.29 is 36.2 Å². The van der Waals surface area contributed by atoms with Gasteiger partial charge in [-0.2, -0.15) is 13.2 Å². The highest BCUT2D eigenvalue weighted by atomic mass is 32.2. The van der Waals surface area contributed by atoms with Gasteiger partial charge in [-0.05, 0) is 48.2 Å². The van der Waals surface area contributed by atoms with Gasteiger partial charge in [-0.15, -0.1) is 0 Å². The van der Waals surface area contributed by atoms with Crippen LogP contribution in [0, 0.1) is 5.92 Å². The van der Waals surface area contributed by atoms with Crippen LogP contribution >= 0.6 is 0 Å². The molecule has 0 saturated heterocycles. The van der Waals surface area contributed by atoms with E-state index in [0.717, 1.165) is 50.3 Å². The standard InChI is InChI=1S/C25H32F3NO5S/c1-18(2)8-6-4-3-5-7-15-35(32,33)29-22-14-13-21(25(26,27)28)16-23(22)34-17-19-9-11-20(12-10-19)24(30)31/h9-14,16,18,29H,3-8,15,17H2,1-2H3,(H,30,31). The summed E-state index contributed by atoms with van der Waals surface area (Å²) in [6.45, 7) is 4.14. The number of ether oxygens (including phenoxy) is 1. The molecule has 35 heavy (non-hydrogen) atoms. The van der Waals surface area contributed by atoms with Gasteiger partial charge in [-0.3, -0.25) is 4.72 Å². The summed E-state index contributed by atoms with van der Waals surface area (Å²) in [6, 6.07) is 8.22. The molecule has 194 valence electrons. The number of alkyl halides is 3. The van der Waals surface area contributed by atoms with E-state index in [1.165, 1.54) is 24.3 Å². The van der Waals surface area contributed by atoms with Gasteiger partial charge < -0.3 is 9.84 Å². The molecule has 2 N–H and O–H groups in total. The average molecular weight is 516 g/mol. The van der Waals surface area contributed by atoms with E-state index in [4.69, 9.17) is 9.84 Å². The van der Waals surface area contributed by atoms with Gasteiger partial charge in [-0.1, -0.05) is 58.1 Å². The molecule has 0 aromatic heterocycles. The van der Waals surface area contributed by atoms with E-state index >= 15 is 0 Å². The molecule has 0 atom stereocenters. The molecule has 0 aliphatic carbocycles. The van der Waals surface area contributed by atoms with Gasteiger partial charge in [0.2, 0.25) is 10.0 Å². The Morgan fingerprint density at radius 3 is 2.23 bits per heavy atom. The number of carboxylic acid groups (broad SMARTS) is 1. The number of rotatable bonds is 14. The number of nitrogens with one attached hydrogen (secondary N) is 1. The topological polar surface area (TPSA) is 92.7 Å². The number of benzene rings is 2. The van der Waals surface area contributed by atoms with E-state index in [1.807, 2.05) is 0 Å². The summed E-state index contributed by atoms with van der Waals surface area (Å²) in [6.07, 6.45) is 0.779. The quantitative estimate of drug-likeness (QED) is 0.273. The second-order valence-corrected chi connectivity index (χ2v) is 10.7. The van der Waals surface area contributed by atoms with Crippen LogP contribution < -0.4 is 9.46 Å². The molecule has 0 bridgehead atoms.